The maximum atomic E-state index is 10.4. The van der Waals surface area contributed by atoms with Crippen LogP contribution in [0.2, 0.25) is 0 Å². The number of fused-ring (bicyclic) bond motifs is 1. The summed E-state index contributed by atoms with van der Waals surface area (Å²) in [7, 11) is 1.65. The van der Waals surface area contributed by atoms with Gasteiger partial charge in [0.1, 0.15) is 11.9 Å². The van der Waals surface area contributed by atoms with E-state index in [1.165, 1.54) is 5.56 Å². The molecule has 0 saturated carbocycles. The van der Waals surface area contributed by atoms with Crippen molar-refractivity contribution < 1.29 is 9.84 Å². The average Bonchev–Trinajstić information content (AvgIpc) is 2.67. The average molecular weight is 299 g/mol. The molecule has 2 unspecified atom stereocenters. The number of hydrogen-bond donors (Lipinski definition) is 1. The first-order chi connectivity index (χ1) is 10.2. The van der Waals surface area contributed by atoms with Gasteiger partial charge in [0.2, 0.25) is 0 Å². The molecule has 1 aliphatic rings. The molecule has 1 heterocycles. The van der Waals surface area contributed by atoms with Crippen LogP contribution < -0.4 is 4.74 Å². The fourth-order valence-corrected chi connectivity index (χ4v) is 3.59. The van der Waals surface area contributed by atoms with E-state index in [4.69, 9.17) is 4.74 Å². The lowest BCUT2D eigenvalue weighted by Crippen LogP contribution is -2.16. The fourth-order valence-electron chi connectivity index (χ4n) is 2.32. The van der Waals surface area contributed by atoms with Crippen LogP contribution in [0, 0.1) is 6.92 Å². The van der Waals surface area contributed by atoms with E-state index in [0.717, 1.165) is 21.9 Å². The minimum atomic E-state index is -0.615. The van der Waals surface area contributed by atoms with Gasteiger partial charge in [-0.1, -0.05) is 18.2 Å². The predicted octanol–water partition coefficient (Wildman–Crippen LogP) is 3.91. The van der Waals surface area contributed by atoms with E-state index in [1.54, 1.807) is 25.1 Å². The first-order valence-corrected chi connectivity index (χ1v) is 7.69. The highest BCUT2D eigenvalue weighted by atomic mass is 32.2. The van der Waals surface area contributed by atoms with Gasteiger partial charge in [0.05, 0.1) is 18.0 Å². The van der Waals surface area contributed by atoms with Gasteiger partial charge in [0.15, 0.2) is 0 Å². The molecule has 0 spiro atoms. The van der Waals surface area contributed by atoms with Crippen molar-refractivity contribution in [1.29, 1.82) is 0 Å². The van der Waals surface area contributed by atoms with Gasteiger partial charge in [-0.05, 0) is 42.3 Å². The molecule has 1 aliphatic heterocycles. The number of nitrogens with zero attached hydrogens (tertiary/aromatic N) is 1. The number of ether oxygens (including phenoxy) is 1. The van der Waals surface area contributed by atoms with Gasteiger partial charge in [-0.3, -0.25) is 4.99 Å². The second-order valence-corrected chi connectivity index (χ2v) is 6.23. The second kappa shape index (κ2) is 5.92. The van der Waals surface area contributed by atoms with E-state index in [0.29, 0.717) is 0 Å². The van der Waals surface area contributed by atoms with Crippen LogP contribution >= 0.6 is 11.8 Å². The molecule has 108 valence electrons. The molecule has 2 atom stereocenters. The lowest BCUT2D eigenvalue weighted by atomic mass is 10.1. The molecule has 0 aliphatic carbocycles. The molecule has 2 aromatic carbocycles. The Bertz CT molecular complexity index is 667. The maximum Gasteiger partial charge on any atom is 0.118 e. The zero-order valence-corrected chi connectivity index (χ0v) is 12.8. The van der Waals surface area contributed by atoms with Crippen LogP contribution in [0.1, 0.15) is 16.4 Å². The van der Waals surface area contributed by atoms with E-state index < -0.39 is 6.10 Å². The summed E-state index contributed by atoms with van der Waals surface area (Å²) in [4.78, 5) is 5.50. The molecule has 4 heteroatoms. The smallest absolute Gasteiger partial charge is 0.118 e. The van der Waals surface area contributed by atoms with E-state index in [-0.39, 0.29) is 5.25 Å². The standard InChI is InChI=1S/C17H17NO2S/c1-11-3-8-14-16(9-11)21-17(15(19)10-18-14)12-4-6-13(20-2)7-5-12/h3-10,15,17,19H,1-2H3. The first kappa shape index (κ1) is 14.2. The van der Waals surface area contributed by atoms with Crippen molar-refractivity contribution in [2.24, 2.45) is 4.99 Å². The largest absolute Gasteiger partial charge is 0.497 e. The third kappa shape index (κ3) is 2.96. The van der Waals surface area contributed by atoms with Gasteiger partial charge >= 0.3 is 0 Å². The van der Waals surface area contributed by atoms with Crippen LogP contribution in [0.5, 0.6) is 5.75 Å². The Kier molecular flexibility index (Phi) is 3.99. The molecule has 3 nitrogen and oxygen atoms in total. The second-order valence-electron chi connectivity index (χ2n) is 5.05. The fraction of sp³-hybridized carbons (Fsp3) is 0.235. The zero-order chi connectivity index (χ0) is 14.8. The van der Waals surface area contributed by atoms with Crippen LogP contribution in [-0.4, -0.2) is 24.5 Å². The van der Waals surface area contributed by atoms with E-state index in [9.17, 15) is 5.11 Å². The number of benzene rings is 2. The van der Waals surface area contributed by atoms with Crippen molar-refractivity contribution in [3.05, 3.63) is 53.6 Å². The minimum absolute atomic E-state index is 0.0669. The number of rotatable bonds is 2. The van der Waals surface area contributed by atoms with Gasteiger partial charge in [0, 0.05) is 11.1 Å². The third-order valence-corrected chi connectivity index (χ3v) is 4.88. The van der Waals surface area contributed by atoms with Gasteiger partial charge in [-0.15, -0.1) is 11.8 Å². The Hall–Kier alpha value is -1.78. The van der Waals surface area contributed by atoms with Gasteiger partial charge < -0.3 is 9.84 Å². The van der Waals surface area contributed by atoms with E-state index in [1.807, 2.05) is 36.4 Å². The summed E-state index contributed by atoms with van der Waals surface area (Å²) in [6.45, 7) is 2.06. The molecule has 0 bridgehead atoms. The summed E-state index contributed by atoms with van der Waals surface area (Å²) in [6, 6.07) is 14.0. The third-order valence-electron chi connectivity index (χ3n) is 3.49. The molecule has 0 radical (unpaired) electrons. The monoisotopic (exact) mass is 299 g/mol. The van der Waals surface area contributed by atoms with Gasteiger partial charge in [0.25, 0.3) is 0 Å². The van der Waals surface area contributed by atoms with Crippen molar-refractivity contribution in [1.82, 2.24) is 0 Å². The van der Waals surface area contributed by atoms with Gasteiger partial charge in [-0.2, -0.15) is 0 Å². The Labute approximate surface area is 128 Å². The molecule has 0 saturated heterocycles. The van der Waals surface area contributed by atoms with Crippen LogP contribution in [0.3, 0.4) is 0 Å². The molecular formula is C17H17NO2S. The number of methoxy groups -OCH3 is 1. The molecule has 0 amide bonds. The Morgan fingerprint density at radius 1 is 1.14 bits per heavy atom. The Balaban J connectivity index is 1.96. The molecule has 0 fully saturated rings. The Morgan fingerprint density at radius 3 is 2.62 bits per heavy atom. The van der Waals surface area contributed by atoms with Crippen molar-refractivity contribution in [3.8, 4) is 5.75 Å². The zero-order valence-electron chi connectivity index (χ0n) is 12.0. The highest BCUT2D eigenvalue weighted by Crippen LogP contribution is 2.44. The summed E-state index contributed by atoms with van der Waals surface area (Å²) in [6.07, 6.45) is 1.01. The van der Waals surface area contributed by atoms with E-state index in [2.05, 4.69) is 18.0 Å². The van der Waals surface area contributed by atoms with Crippen molar-refractivity contribution in [3.63, 3.8) is 0 Å². The van der Waals surface area contributed by atoms with Crippen LogP contribution in [0.4, 0.5) is 5.69 Å². The number of aliphatic hydroxyl groups is 1. The minimum Gasteiger partial charge on any atom is -0.497 e. The van der Waals surface area contributed by atoms with Crippen molar-refractivity contribution >= 4 is 23.7 Å². The summed E-state index contributed by atoms with van der Waals surface area (Å²) in [5.74, 6) is 0.816. The van der Waals surface area contributed by atoms with Crippen molar-refractivity contribution in [2.75, 3.05) is 7.11 Å². The normalized spacial score (nSPS) is 20.7. The summed E-state index contributed by atoms with van der Waals surface area (Å²) in [5.41, 5.74) is 3.18. The van der Waals surface area contributed by atoms with E-state index >= 15 is 0 Å². The number of thioether (sulfide) groups is 1. The number of aliphatic hydroxyl groups excluding tert-OH is 1. The summed E-state index contributed by atoms with van der Waals surface area (Å²) >= 11 is 1.65. The lowest BCUT2D eigenvalue weighted by Gasteiger charge is -2.19. The molecule has 21 heavy (non-hydrogen) atoms. The molecule has 1 N–H and O–H groups in total. The predicted molar refractivity (Wildman–Crippen MR) is 86.9 cm³/mol. The number of aryl methyl sites for hydroxylation is 1. The topological polar surface area (TPSA) is 41.8 Å². The maximum absolute atomic E-state index is 10.4. The molecule has 3 rings (SSSR count). The summed E-state index contributed by atoms with van der Waals surface area (Å²) in [5, 5.41) is 10.3. The number of aliphatic imine (C=N–C) groups is 1. The SMILES string of the molecule is COc1ccc(C2Sc3cc(C)ccc3N=CC2O)cc1. The first-order valence-electron chi connectivity index (χ1n) is 6.81. The van der Waals surface area contributed by atoms with Crippen molar-refractivity contribution in [2.45, 2.75) is 23.2 Å². The highest BCUT2D eigenvalue weighted by Gasteiger charge is 2.24. The van der Waals surface area contributed by atoms with Gasteiger partial charge in [-0.25, -0.2) is 0 Å². The van der Waals surface area contributed by atoms with Crippen LogP contribution in [0.25, 0.3) is 0 Å². The lowest BCUT2D eigenvalue weighted by molar-refractivity contribution is 0.244. The molecule has 0 aromatic heterocycles. The molecular weight excluding hydrogens is 282 g/mol. The Morgan fingerprint density at radius 2 is 1.90 bits per heavy atom. The highest BCUT2D eigenvalue weighted by molar-refractivity contribution is 7.99. The molecule has 2 aromatic rings. The quantitative estimate of drug-likeness (QED) is 0.914. The number of hydrogen-bond acceptors (Lipinski definition) is 4. The van der Waals surface area contributed by atoms with Crippen LogP contribution in [0.15, 0.2) is 52.4 Å². The summed E-state index contributed by atoms with van der Waals surface area (Å²) < 4.78 is 5.18. The van der Waals surface area contributed by atoms with Crippen LogP contribution in [-0.2, 0) is 0 Å².